The fraction of sp³-hybridized carbons (Fsp3) is 0.300. The molecule has 0 saturated carbocycles. The summed E-state index contributed by atoms with van der Waals surface area (Å²) < 4.78 is 5.44. The van der Waals surface area contributed by atoms with Gasteiger partial charge in [0, 0.05) is 6.61 Å². The first kappa shape index (κ1) is 10.5. The summed E-state index contributed by atoms with van der Waals surface area (Å²) in [4.78, 5) is 0. The van der Waals surface area contributed by atoms with E-state index in [0.717, 1.165) is 5.56 Å². The lowest BCUT2D eigenvalue weighted by Crippen LogP contribution is -2.25. The first-order valence-electron chi connectivity index (χ1n) is 4.49. The number of rotatable bonds is 4. The molecule has 4 heteroatoms. The summed E-state index contributed by atoms with van der Waals surface area (Å²) in [6.45, 7) is 2.47. The highest BCUT2D eigenvalue weighted by molar-refractivity contribution is 5.85. The van der Waals surface area contributed by atoms with E-state index in [1.807, 2.05) is 37.3 Å². The number of nitrogens with two attached hydrogens (primary N) is 2. The van der Waals surface area contributed by atoms with Crippen molar-refractivity contribution in [2.45, 2.75) is 13.0 Å². The van der Waals surface area contributed by atoms with Crippen LogP contribution in [-0.4, -0.2) is 12.4 Å². The Hall–Kier alpha value is -1.55. The molecule has 0 aliphatic heterocycles. The summed E-state index contributed by atoms with van der Waals surface area (Å²) in [5.74, 6) is 5.41. The van der Waals surface area contributed by atoms with Crippen LogP contribution in [0.4, 0.5) is 0 Å². The first-order chi connectivity index (χ1) is 6.79. The van der Waals surface area contributed by atoms with Crippen molar-refractivity contribution in [3.63, 3.8) is 0 Å². The highest BCUT2D eigenvalue weighted by atomic mass is 16.5. The molecular weight excluding hydrogens is 178 g/mol. The minimum absolute atomic E-state index is 0.290. The van der Waals surface area contributed by atoms with Crippen LogP contribution in [0.5, 0.6) is 0 Å². The van der Waals surface area contributed by atoms with Crippen LogP contribution in [0.3, 0.4) is 0 Å². The molecule has 1 aromatic rings. The highest BCUT2D eigenvalue weighted by Crippen LogP contribution is 2.16. The van der Waals surface area contributed by atoms with Gasteiger partial charge >= 0.3 is 0 Å². The number of hydrogen-bond donors (Lipinski definition) is 2. The summed E-state index contributed by atoms with van der Waals surface area (Å²) in [6, 6.07) is 9.63. The van der Waals surface area contributed by atoms with Gasteiger partial charge in [0.15, 0.2) is 5.84 Å². The van der Waals surface area contributed by atoms with Crippen molar-refractivity contribution in [1.29, 1.82) is 0 Å². The second-order valence-electron chi connectivity index (χ2n) is 2.80. The molecule has 4 N–H and O–H groups in total. The molecule has 1 atom stereocenters. The van der Waals surface area contributed by atoms with Gasteiger partial charge in [-0.3, -0.25) is 0 Å². The summed E-state index contributed by atoms with van der Waals surface area (Å²) in [7, 11) is 0. The van der Waals surface area contributed by atoms with Gasteiger partial charge in [0.2, 0.25) is 0 Å². The summed E-state index contributed by atoms with van der Waals surface area (Å²) >= 11 is 0. The Morgan fingerprint density at radius 1 is 1.43 bits per heavy atom. The summed E-state index contributed by atoms with van der Waals surface area (Å²) in [5, 5.41) is 3.45. The van der Waals surface area contributed by atoms with Crippen molar-refractivity contribution in [1.82, 2.24) is 0 Å². The Morgan fingerprint density at radius 3 is 2.57 bits per heavy atom. The molecule has 1 aromatic carbocycles. The van der Waals surface area contributed by atoms with Gasteiger partial charge in [-0.1, -0.05) is 30.3 Å². The standard InChI is InChI=1S/C10H15N3O/c1-2-14-9(10(11)13-12)8-6-4-3-5-7-8/h3-7,9H,2,12H2,1H3,(H2,11,13). The maximum atomic E-state index is 5.64. The third-order valence-electron chi connectivity index (χ3n) is 1.85. The molecule has 0 aromatic heterocycles. The summed E-state index contributed by atoms with van der Waals surface area (Å²) in [6.07, 6.45) is -0.341. The molecule has 0 radical (unpaired) electrons. The Bertz CT molecular complexity index is 297. The Balaban J connectivity index is 2.89. The van der Waals surface area contributed by atoms with E-state index in [1.165, 1.54) is 0 Å². The third kappa shape index (κ3) is 2.47. The average molecular weight is 193 g/mol. The predicted molar refractivity (Wildman–Crippen MR) is 56.6 cm³/mol. The lowest BCUT2D eigenvalue weighted by Gasteiger charge is -2.15. The maximum Gasteiger partial charge on any atom is 0.153 e. The SMILES string of the molecule is CCOC(/C(N)=N/N)c1ccccc1. The van der Waals surface area contributed by atoms with Gasteiger partial charge in [0.05, 0.1) is 0 Å². The van der Waals surface area contributed by atoms with Crippen LogP contribution in [0, 0.1) is 0 Å². The predicted octanol–water partition coefficient (Wildman–Crippen LogP) is 0.995. The van der Waals surface area contributed by atoms with E-state index >= 15 is 0 Å². The fourth-order valence-electron chi connectivity index (χ4n) is 1.21. The molecule has 0 bridgehead atoms. The van der Waals surface area contributed by atoms with Crippen molar-refractivity contribution in [2.75, 3.05) is 6.61 Å². The minimum Gasteiger partial charge on any atom is -0.383 e. The van der Waals surface area contributed by atoms with Gasteiger partial charge in [-0.05, 0) is 12.5 Å². The zero-order valence-corrected chi connectivity index (χ0v) is 8.18. The van der Waals surface area contributed by atoms with Crippen LogP contribution in [0.2, 0.25) is 0 Å². The van der Waals surface area contributed by atoms with Gasteiger partial charge in [-0.25, -0.2) is 0 Å². The molecule has 0 amide bonds. The fourth-order valence-corrected chi connectivity index (χ4v) is 1.21. The zero-order chi connectivity index (χ0) is 10.4. The Morgan fingerprint density at radius 2 is 2.07 bits per heavy atom. The lowest BCUT2D eigenvalue weighted by molar-refractivity contribution is 0.109. The number of hydrogen-bond acceptors (Lipinski definition) is 3. The molecule has 1 rings (SSSR count). The Labute approximate surface area is 83.5 Å². The molecular formula is C10H15N3O. The van der Waals surface area contributed by atoms with Gasteiger partial charge < -0.3 is 16.3 Å². The van der Waals surface area contributed by atoms with Crippen molar-refractivity contribution in [2.24, 2.45) is 16.7 Å². The summed E-state index contributed by atoms with van der Waals surface area (Å²) in [5.41, 5.74) is 6.59. The molecule has 4 nitrogen and oxygen atoms in total. The largest absolute Gasteiger partial charge is 0.383 e. The molecule has 1 unspecified atom stereocenters. The van der Waals surface area contributed by atoms with E-state index in [2.05, 4.69) is 5.10 Å². The van der Waals surface area contributed by atoms with Crippen LogP contribution in [0.1, 0.15) is 18.6 Å². The zero-order valence-electron chi connectivity index (χ0n) is 8.18. The van der Waals surface area contributed by atoms with Crippen LogP contribution in [-0.2, 0) is 4.74 Å². The average Bonchev–Trinajstić information content (AvgIpc) is 2.26. The molecule has 0 aliphatic carbocycles. The maximum absolute atomic E-state index is 5.64. The van der Waals surface area contributed by atoms with E-state index in [4.69, 9.17) is 16.3 Å². The molecule has 0 aliphatic rings. The second kappa shape index (κ2) is 5.24. The van der Waals surface area contributed by atoms with E-state index in [-0.39, 0.29) is 11.9 Å². The highest BCUT2D eigenvalue weighted by Gasteiger charge is 2.14. The molecule has 0 spiro atoms. The topological polar surface area (TPSA) is 73.6 Å². The lowest BCUT2D eigenvalue weighted by atomic mass is 10.1. The van der Waals surface area contributed by atoms with Crippen molar-refractivity contribution in [3.05, 3.63) is 35.9 Å². The van der Waals surface area contributed by atoms with Crippen LogP contribution >= 0.6 is 0 Å². The number of nitrogens with zero attached hydrogens (tertiary/aromatic N) is 1. The molecule has 76 valence electrons. The van der Waals surface area contributed by atoms with Crippen LogP contribution in [0.25, 0.3) is 0 Å². The quantitative estimate of drug-likeness (QED) is 0.324. The molecule has 0 saturated heterocycles. The smallest absolute Gasteiger partial charge is 0.153 e. The first-order valence-corrected chi connectivity index (χ1v) is 4.49. The second-order valence-corrected chi connectivity index (χ2v) is 2.80. The van der Waals surface area contributed by atoms with E-state index < -0.39 is 0 Å². The Kier molecular flexibility index (Phi) is 3.94. The van der Waals surface area contributed by atoms with E-state index in [1.54, 1.807) is 0 Å². The number of benzene rings is 1. The van der Waals surface area contributed by atoms with Crippen molar-refractivity contribution < 1.29 is 4.74 Å². The molecule has 0 heterocycles. The van der Waals surface area contributed by atoms with E-state index in [0.29, 0.717) is 6.61 Å². The van der Waals surface area contributed by atoms with Crippen LogP contribution < -0.4 is 11.6 Å². The van der Waals surface area contributed by atoms with Crippen LogP contribution in [0.15, 0.2) is 35.4 Å². The van der Waals surface area contributed by atoms with Gasteiger partial charge in [-0.15, -0.1) is 0 Å². The van der Waals surface area contributed by atoms with Gasteiger partial charge in [-0.2, -0.15) is 5.10 Å². The number of hydrazone groups is 1. The van der Waals surface area contributed by atoms with Gasteiger partial charge in [0.1, 0.15) is 6.10 Å². The monoisotopic (exact) mass is 193 g/mol. The normalized spacial score (nSPS) is 13.9. The molecule has 0 fully saturated rings. The number of ether oxygens (including phenoxy) is 1. The number of amidine groups is 1. The van der Waals surface area contributed by atoms with E-state index in [9.17, 15) is 0 Å². The van der Waals surface area contributed by atoms with Gasteiger partial charge in [0.25, 0.3) is 0 Å². The van der Waals surface area contributed by atoms with Crippen molar-refractivity contribution >= 4 is 5.84 Å². The minimum atomic E-state index is -0.341. The van der Waals surface area contributed by atoms with Crippen molar-refractivity contribution in [3.8, 4) is 0 Å². The third-order valence-corrected chi connectivity index (χ3v) is 1.85. The molecule has 14 heavy (non-hydrogen) atoms.